The van der Waals surface area contributed by atoms with Crippen molar-refractivity contribution in [2.24, 2.45) is 0 Å². The zero-order chi connectivity index (χ0) is 95.2. The Bertz CT molecular complexity index is 6990. The lowest BCUT2D eigenvalue weighted by Crippen LogP contribution is -2.36. The number of thioether (sulfide) groups is 1. The number of carboxylic acid groups (broad SMARTS) is 5. The number of amides is 6. The summed E-state index contributed by atoms with van der Waals surface area (Å²) in [4.78, 5) is 152. The number of hydrogen-bond donors (Lipinski definition) is 14. The van der Waals surface area contributed by atoms with Crippen LogP contribution in [0.5, 0.6) is 17.2 Å². The Morgan fingerprint density at radius 1 is 0.409 bits per heavy atom. The van der Waals surface area contributed by atoms with Gasteiger partial charge in [-0.25, -0.2) is 55.1 Å². The number of unbranched alkanes of at least 4 members (excludes halogenated alkanes) is 1. The van der Waals surface area contributed by atoms with Crippen LogP contribution in [0.2, 0.25) is 0 Å². The first-order valence-electron chi connectivity index (χ1n) is 39.3. The molecule has 8 aromatic carbocycles. The molecule has 2 fully saturated rings. The number of halogens is 8. The number of rotatable bonds is 23. The average Bonchev–Trinajstić information content (AvgIpc) is 1.39. The van der Waals surface area contributed by atoms with Crippen LogP contribution in [0.1, 0.15) is 99.0 Å². The van der Waals surface area contributed by atoms with Crippen molar-refractivity contribution < 1.29 is 128 Å². The van der Waals surface area contributed by atoms with Gasteiger partial charge in [0.25, 0.3) is 5.91 Å². The molecule has 0 radical (unpaired) electrons. The minimum Gasteiger partial charge on any atom is -0.505 e. The lowest BCUT2D eigenvalue weighted by molar-refractivity contribution is -0.121. The Morgan fingerprint density at radius 3 is 1.25 bits per heavy atom. The first-order valence-corrected chi connectivity index (χ1v) is 43.4. The Balaban J connectivity index is 0.000000167. The molecule has 0 bridgehead atoms. The van der Waals surface area contributed by atoms with Crippen LogP contribution < -0.4 is 48.2 Å². The van der Waals surface area contributed by atoms with E-state index in [9.17, 15) is 110 Å². The number of urea groups is 1. The van der Waals surface area contributed by atoms with Crippen LogP contribution in [0.25, 0.3) is 100 Å². The fourth-order valence-electron chi connectivity index (χ4n) is 14.6. The van der Waals surface area contributed by atoms with Gasteiger partial charge in [-0.1, -0.05) is 137 Å². The summed E-state index contributed by atoms with van der Waals surface area (Å²) in [6, 6.07) is 41.5. The fourth-order valence-corrected chi connectivity index (χ4v) is 16.7. The number of carbonyl (C=O) groups excluding carboxylic acids is 5. The van der Waals surface area contributed by atoms with Crippen LogP contribution in [0, 0.1) is 34.9 Å². The van der Waals surface area contributed by atoms with Crippen molar-refractivity contribution >= 4 is 149 Å². The summed E-state index contributed by atoms with van der Waals surface area (Å²) in [5.41, 5.74) is -2.08. The molecular formula is C93H70F6I2N6O24S. The number of aromatic hydroxyl groups is 3. The van der Waals surface area contributed by atoms with Crippen molar-refractivity contribution in [2.75, 3.05) is 27.7 Å². The highest BCUT2D eigenvalue weighted by atomic mass is 127. The number of carbonyl (C=O) groups is 10. The van der Waals surface area contributed by atoms with Gasteiger partial charge >= 0.3 is 35.9 Å². The van der Waals surface area contributed by atoms with Gasteiger partial charge in [0.1, 0.15) is 34.0 Å². The van der Waals surface area contributed by atoms with Gasteiger partial charge in [0.05, 0.1) is 73.0 Å². The molecule has 0 aromatic heterocycles. The molecule has 3 atom stereocenters. The van der Waals surface area contributed by atoms with Gasteiger partial charge in [-0.2, -0.15) is 11.8 Å². The van der Waals surface area contributed by atoms with E-state index in [2.05, 4.69) is 31.9 Å². The van der Waals surface area contributed by atoms with Gasteiger partial charge in [-0.15, -0.1) is 0 Å². The predicted molar refractivity (Wildman–Crippen MR) is 487 cm³/mol. The maximum absolute atomic E-state index is 15.3. The van der Waals surface area contributed by atoms with Crippen molar-refractivity contribution in [1.29, 1.82) is 0 Å². The van der Waals surface area contributed by atoms with Gasteiger partial charge in [-0.05, 0) is 108 Å². The number of nitrogens with one attached hydrogen (secondary N) is 6. The second-order valence-corrected chi connectivity index (χ2v) is 31.9. The second-order valence-electron chi connectivity index (χ2n) is 29.1. The topological polar surface area (TPSA) is 495 Å². The Kier molecular flexibility index (Phi) is 31.0. The molecule has 5 heterocycles. The number of carboxylic acids is 5. The van der Waals surface area contributed by atoms with Crippen LogP contribution in [0.4, 0.5) is 31.1 Å². The smallest absolute Gasteiger partial charge is 0.336 e. The summed E-state index contributed by atoms with van der Waals surface area (Å²) in [7, 11) is 0. The molecule has 16 rings (SSSR count). The molecule has 39 heteroatoms. The minimum absolute atomic E-state index is 0.0163. The largest absolute Gasteiger partial charge is 0.505 e. The molecule has 3 unspecified atom stereocenters. The lowest BCUT2D eigenvalue weighted by Gasteiger charge is -2.20. The molecule has 0 saturated carbocycles. The van der Waals surface area contributed by atoms with Crippen LogP contribution in [0.15, 0.2) is 216 Å². The average molecular weight is 2060 g/mol. The van der Waals surface area contributed by atoms with Gasteiger partial charge in [0.15, 0.2) is 52.2 Å². The minimum atomic E-state index is -1.28. The van der Waals surface area contributed by atoms with E-state index in [0.29, 0.717) is 23.7 Å². The highest BCUT2D eigenvalue weighted by Crippen LogP contribution is 2.48. The number of hydrogen-bond acceptors (Lipinski definition) is 20. The zero-order valence-electron chi connectivity index (χ0n) is 67.9. The van der Waals surface area contributed by atoms with E-state index in [0.717, 1.165) is 79.3 Å². The lowest BCUT2D eigenvalue weighted by atomic mass is 9.89. The summed E-state index contributed by atoms with van der Waals surface area (Å²) in [5, 5.41) is 92.4. The SMILES string of the molecule is O=C(CI)NCc1c(O)c(F)cc2c(-c3ccccc3C(=O)NCCNC(=O)CCCCC3SCC4NC(=O)NC43)c3cc(F)c(=O)cc-3oc12.O=C(CI)NCc1c(O)c(F)cc2c(-c3ccccc3C(=O)O)c3cc(F)c(=O)cc-3oc12.O=C(O)c1ccccc1.O=C(O)c1ccccc1-c1c2cc(F)c(=O)cc-2oc2cc(O)c(F)cc12.O=C(O)c1ccccc1C(=O)O. The van der Waals surface area contributed by atoms with E-state index >= 15 is 4.39 Å². The number of alkyl halides is 2. The molecule has 8 aliphatic rings. The van der Waals surface area contributed by atoms with Gasteiger partial charge in [0.2, 0.25) is 34.0 Å². The molecule has 0 spiro atoms. The number of benzene rings is 11. The molecule has 3 aliphatic carbocycles. The van der Waals surface area contributed by atoms with E-state index in [-0.39, 0.29) is 210 Å². The summed E-state index contributed by atoms with van der Waals surface area (Å²) < 4.78 is 104. The van der Waals surface area contributed by atoms with Crippen LogP contribution in [-0.4, -0.2) is 145 Å². The van der Waals surface area contributed by atoms with Crippen LogP contribution in [-0.2, 0) is 27.5 Å². The molecule has 6 amide bonds. The van der Waals surface area contributed by atoms with E-state index in [4.69, 9.17) is 28.6 Å². The van der Waals surface area contributed by atoms with E-state index in [1.807, 2.05) is 56.9 Å². The summed E-state index contributed by atoms with van der Waals surface area (Å²) >= 11 is 5.51. The van der Waals surface area contributed by atoms with E-state index < -0.39 is 104 Å². The highest BCUT2D eigenvalue weighted by Gasteiger charge is 2.43. The molecular weight excluding hydrogens is 1980 g/mol. The molecule has 8 aromatic rings. The molecule has 5 aliphatic heterocycles. The molecule has 14 N–H and O–H groups in total. The molecule has 30 nitrogen and oxygen atoms in total. The van der Waals surface area contributed by atoms with Crippen molar-refractivity contribution in [3.63, 3.8) is 0 Å². The zero-order valence-corrected chi connectivity index (χ0v) is 73.1. The van der Waals surface area contributed by atoms with E-state index in [1.165, 1.54) is 66.7 Å². The Labute approximate surface area is 771 Å². The first kappa shape index (κ1) is 96.2. The van der Waals surface area contributed by atoms with Crippen LogP contribution >= 0.6 is 56.9 Å². The van der Waals surface area contributed by atoms with Crippen molar-refractivity contribution in [2.45, 2.75) is 56.1 Å². The number of fused-ring (bicyclic) bond motifs is 7. The molecule has 2 saturated heterocycles. The fraction of sp³-hybridized carbons (Fsp3) is 0.151. The highest BCUT2D eigenvalue weighted by molar-refractivity contribution is 14.1. The van der Waals surface area contributed by atoms with Gasteiger partial charge in [-0.3, -0.25) is 33.6 Å². The standard InChI is InChI=1S/C35H34F2IN5O7S.C23H14F2INO6.C20H10F2O5.C8H6O4.C7H6O2/c36-22-11-19-26(13-25(22)44)50-33-20(12-23(37)32(47)21(33)15-41-29(46)14-38)30(19)17-5-1-2-6-18(17)34(48)40-10-9-39-28(45)8-4-3-7-27-31-24(16-51-27)42-35(49)43-31;24-15-5-12-18(7-17(15)28)33-22-13(20(12)10-3-1-2-4-11(10)23(31)32)6-16(25)21(30)14(22)9-27-19(29)8-26;21-13-5-11-17(7-15(13)23)27-18-8-16(24)14(22)6-12(18)19(11)9-3-1-2-4-10(9)20(25)26;9-7(10)5-3-1-2-4-6(5)8(11)12;8-7(9)6-4-2-1-3-5-6/h1-2,5-6,11-13,24,27,31,47H,3-4,7-10,14-16H2,(H,39,45)(H,40,48)(H,41,46)(H2,42,43,49);1-7,30H,8-9H2,(H,27,29)(H,31,32);1-8,23H,(H,25,26);1-4H,(H,9,10)(H,11,12);1-5H,(H,8,9). The predicted octanol–water partition coefficient (Wildman–Crippen LogP) is 15.2. The summed E-state index contributed by atoms with van der Waals surface area (Å²) in [5.74, 6) is -15.1. The number of phenolic OH excluding ortho intramolecular Hbond substituents is 3. The van der Waals surface area contributed by atoms with Crippen molar-refractivity contribution in [3.8, 4) is 84.6 Å². The van der Waals surface area contributed by atoms with E-state index in [1.54, 1.807) is 60.7 Å². The summed E-state index contributed by atoms with van der Waals surface area (Å²) in [6.07, 6.45) is 2.74. The number of phenols is 3. The Hall–Kier alpha value is -14.9. The normalized spacial score (nSPS) is 13.5. The second kappa shape index (κ2) is 42.6. The van der Waals surface area contributed by atoms with Crippen molar-refractivity contribution in [1.82, 2.24) is 31.9 Å². The summed E-state index contributed by atoms with van der Waals surface area (Å²) in [6.45, 7) is -0.358. The third kappa shape index (κ3) is 21.8. The number of aromatic carboxylic acids is 5. The maximum Gasteiger partial charge on any atom is 0.336 e. The Morgan fingerprint density at radius 2 is 0.811 bits per heavy atom. The third-order valence-corrected chi connectivity index (χ3v) is 23.6. The van der Waals surface area contributed by atoms with Crippen LogP contribution in [0.3, 0.4) is 0 Å². The monoisotopic (exact) mass is 2050 g/mol. The van der Waals surface area contributed by atoms with Gasteiger partial charge < -0.3 is 86.0 Å². The quantitative estimate of drug-likeness (QED) is 0.00706. The van der Waals surface area contributed by atoms with Crippen molar-refractivity contribution in [3.05, 3.63) is 298 Å². The maximum atomic E-state index is 15.3. The molecule has 678 valence electrons. The third-order valence-electron chi connectivity index (χ3n) is 20.7. The first-order chi connectivity index (χ1) is 63.1. The molecule has 132 heavy (non-hydrogen) atoms. The van der Waals surface area contributed by atoms with Gasteiger partial charge in [0, 0.05) is 110 Å².